The van der Waals surface area contributed by atoms with Gasteiger partial charge in [0.05, 0.1) is 11.8 Å². The number of aromatic nitrogens is 2. The minimum Gasteiger partial charge on any atom is -0.384 e. The molecule has 5 N–H and O–H groups in total. The molecule has 1 heterocycles. The Morgan fingerprint density at radius 2 is 2.10 bits per heavy atom. The second-order valence-electron chi connectivity index (χ2n) is 3.75. The van der Waals surface area contributed by atoms with E-state index in [9.17, 15) is 17.2 Å². The molecule has 0 amide bonds. The summed E-state index contributed by atoms with van der Waals surface area (Å²) in [6.07, 6.45) is 1.13. The maximum Gasteiger partial charge on any atom is 0.266 e. The topological polar surface area (TPSA) is 125 Å². The molecule has 0 saturated carbocycles. The average molecular weight is 301 g/mol. The molecular weight excluding hydrogens is 292 g/mol. The van der Waals surface area contributed by atoms with Crippen LogP contribution in [0.25, 0.3) is 0 Å². The van der Waals surface area contributed by atoms with Crippen LogP contribution in [0.5, 0.6) is 0 Å². The number of aromatic amines is 1. The Hall–Kier alpha value is -2.49. The van der Waals surface area contributed by atoms with Crippen LogP contribution in [0.2, 0.25) is 0 Å². The van der Waals surface area contributed by atoms with Gasteiger partial charge < -0.3 is 5.73 Å². The molecule has 1 aromatic carbocycles. The molecule has 2 rings (SSSR count). The van der Waals surface area contributed by atoms with Crippen LogP contribution >= 0.6 is 0 Å². The van der Waals surface area contributed by atoms with Gasteiger partial charge in [0.15, 0.2) is 0 Å². The van der Waals surface area contributed by atoms with E-state index in [0.717, 1.165) is 12.3 Å². The van der Waals surface area contributed by atoms with Gasteiger partial charge in [-0.15, -0.1) is 0 Å². The summed E-state index contributed by atoms with van der Waals surface area (Å²) in [5.74, 6) is -2.65. The van der Waals surface area contributed by atoms with Crippen molar-refractivity contribution in [1.82, 2.24) is 10.2 Å². The number of halogens is 2. The number of sulfonamides is 1. The van der Waals surface area contributed by atoms with Crippen molar-refractivity contribution in [3.05, 3.63) is 41.6 Å². The lowest BCUT2D eigenvalue weighted by Crippen LogP contribution is -2.19. The van der Waals surface area contributed by atoms with Crippen LogP contribution in [0.15, 0.2) is 29.3 Å². The lowest BCUT2D eigenvalue weighted by Gasteiger charge is -2.08. The molecule has 0 unspecified atom stereocenters. The Bertz CT molecular complexity index is 772. The fraction of sp³-hybridized carbons (Fsp3) is 0. The first-order chi connectivity index (χ1) is 9.31. The number of nitrogen functional groups attached to an aromatic ring is 1. The number of nitrogens with one attached hydrogen (secondary N) is 3. The third-order valence-corrected chi connectivity index (χ3v) is 3.71. The normalized spacial score (nSPS) is 11.3. The Kier molecular flexibility index (Phi) is 3.40. The van der Waals surface area contributed by atoms with Crippen molar-refractivity contribution >= 4 is 21.7 Å². The van der Waals surface area contributed by atoms with Crippen LogP contribution in [0, 0.1) is 17.0 Å². The van der Waals surface area contributed by atoms with Gasteiger partial charge in [0.2, 0.25) is 0 Å². The van der Waals surface area contributed by atoms with E-state index in [4.69, 9.17) is 11.1 Å². The predicted octanol–water partition coefficient (Wildman–Crippen LogP) is 0.773. The van der Waals surface area contributed by atoms with E-state index >= 15 is 0 Å². The zero-order valence-corrected chi connectivity index (χ0v) is 10.6. The van der Waals surface area contributed by atoms with Crippen molar-refractivity contribution in [3.8, 4) is 0 Å². The van der Waals surface area contributed by atoms with Gasteiger partial charge in [-0.3, -0.25) is 15.2 Å². The first kappa shape index (κ1) is 13.9. The SMILES string of the molecule is N=C(N)c1cn[nH]c1NS(=O)(=O)c1cc(F)ccc1F. The van der Waals surface area contributed by atoms with Crippen LogP contribution in [-0.4, -0.2) is 24.5 Å². The standard InChI is InChI=1S/C10H9F2N5O2S/c11-5-1-2-7(12)8(3-5)20(18,19)17-10-6(9(13)14)4-15-16-10/h1-4H,(H3,13,14)(H2,15,16,17). The molecule has 20 heavy (non-hydrogen) atoms. The molecule has 0 spiro atoms. The molecule has 0 aliphatic carbocycles. The van der Waals surface area contributed by atoms with Gasteiger partial charge in [-0.1, -0.05) is 0 Å². The molecule has 0 aliphatic rings. The van der Waals surface area contributed by atoms with Crippen molar-refractivity contribution < 1.29 is 17.2 Å². The summed E-state index contributed by atoms with van der Waals surface area (Å²) in [7, 11) is -4.38. The first-order valence-electron chi connectivity index (χ1n) is 5.17. The molecule has 106 valence electrons. The Labute approximate surface area is 112 Å². The van der Waals surface area contributed by atoms with Crippen LogP contribution < -0.4 is 10.5 Å². The highest BCUT2D eigenvalue weighted by atomic mass is 32.2. The number of hydrogen-bond acceptors (Lipinski definition) is 4. The molecule has 1 aromatic heterocycles. The highest BCUT2D eigenvalue weighted by Gasteiger charge is 2.22. The number of H-pyrrole nitrogens is 1. The minimum atomic E-state index is -4.38. The van der Waals surface area contributed by atoms with E-state index in [0.29, 0.717) is 12.1 Å². The van der Waals surface area contributed by atoms with Gasteiger partial charge in [-0.2, -0.15) is 5.10 Å². The molecule has 7 nitrogen and oxygen atoms in total. The summed E-state index contributed by atoms with van der Waals surface area (Å²) in [5.41, 5.74) is 5.22. The highest BCUT2D eigenvalue weighted by Crippen LogP contribution is 2.20. The Morgan fingerprint density at radius 3 is 2.75 bits per heavy atom. The monoisotopic (exact) mass is 301 g/mol. The zero-order valence-electron chi connectivity index (χ0n) is 9.81. The van der Waals surface area contributed by atoms with E-state index in [2.05, 4.69) is 10.2 Å². The quantitative estimate of drug-likeness (QED) is 0.491. The van der Waals surface area contributed by atoms with E-state index in [1.54, 1.807) is 0 Å². The van der Waals surface area contributed by atoms with E-state index < -0.39 is 32.4 Å². The minimum absolute atomic E-state index is 0.00890. The fourth-order valence-corrected chi connectivity index (χ4v) is 2.57. The molecule has 0 saturated heterocycles. The van der Waals surface area contributed by atoms with Gasteiger partial charge in [0.1, 0.15) is 28.2 Å². The van der Waals surface area contributed by atoms with Crippen molar-refractivity contribution in [2.24, 2.45) is 5.73 Å². The summed E-state index contributed by atoms with van der Waals surface area (Å²) < 4.78 is 52.4. The summed E-state index contributed by atoms with van der Waals surface area (Å²) in [4.78, 5) is -0.860. The lowest BCUT2D eigenvalue weighted by molar-refractivity contribution is 0.555. The number of nitrogens with zero attached hydrogens (tertiary/aromatic N) is 1. The fourth-order valence-electron chi connectivity index (χ4n) is 1.44. The van der Waals surface area contributed by atoms with Gasteiger partial charge in [-0.05, 0) is 18.2 Å². The number of hydrogen-bond donors (Lipinski definition) is 4. The van der Waals surface area contributed by atoms with Crippen LogP contribution in [0.3, 0.4) is 0 Å². The summed E-state index contributed by atoms with van der Waals surface area (Å²) in [6, 6.07) is 2.04. The molecule has 10 heteroatoms. The number of benzene rings is 1. The van der Waals surface area contributed by atoms with E-state index in [-0.39, 0.29) is 11.4 Å². The van der Waals surface area contributed by atoms with Crippen LogP contribution in [0.1, 0.15) is 5.56 Å². The van der Waals surface area contributed by atoms with E-state index in [1.165, 1.54) is 0 Å². The van der Waals surface area contributed by atoms with Crippen LogP contribution in [0.4, 0.5) is 14.6 Å². The Balaban J connectivity index is 2.44. The maximum atomic E-state index is 13.5. The van der Waals surface area contributed by atoms with Crippen LogP contribution in [-0.2, 0) is 10.0 Å². The molecule has 0 atom stereocenters. The lowest BCUT2D eigenvalue weighted by atomic mass is 10.3. The predicted molar refractivity (Wildman–Crippen MR) is 66.8 cm³/mol. The third kappa shape index (κ3) is 2.59. The highest BCUT2D eigenvalue weighted by molar-refractivity contribution is 7.92. The smallest absolute Gasteiger partial charge is 0.266 e. The first-order valence-corrected chi connectivity index (χ1v) is 6.65. The number of nitrogens with two attached hydrogens (primary N) is 1. The molecule has 0 fully saturated rings. The summed E-state index contributed by atoms with van der Waals surface area (Å²) in [6.45, 7) is 0. The molecule has 2 aromatic rings. The van der Waals surface area contributed by atoms with Crippen molar-refractivity contribution in [1.29, 1.82) is 5.41 Å². The number of amidine groups is 1. The number of anilines is 1. The van der Waals surface area contributed by atoms with Gasteiger partial charge in [0, 0.05) is 0 Å². The zero-order chi connectivity index (χ0) is 14.9. The summed E-state index contributed by atoms with van der Waals surface area (Å²) >= 11 is 0. The third-order valence-electron chi connectivity index (χ3n) is 2.35. The van der Waals surface area contributed by atoms with Crippen molar-refractivity contribution in [3.63, 3.8) is 0 Å². The maximum absolute atomic E-state index is 13.5. The van der Waals surface area contributed by atoms with E-state index in [1.807, 2.05) is 4.72 Å². The van der Waals surface area contributed by atoms with Crippen molar-refractivity contribution in [2.75, 3.05) is 4.72 Å². The molecule has 0 bridgehead atoms. The van der Waals surface area contributed by atoms with Gasteiger partial charge in [-0.25, -0.2) is 17.2 Å². The second-order valence-corrected chi connectivity index (χ2v) is 5.40. The molecule has 0 aliphatic heterocycles. The van der Waals surface area contributed by atoms with Crippen molar-refractivity contribution in [2.45, 2.75) is 4.90 Å². The molecule has 0 radical (unpaired) electrons. The Morgan fingerprint density at radius 1 is 1.40 bits per heavy atom. The summed E-state index contributed by atoms with van der Waals surface area (Å²) in [5, 5.41) is 13.0. The van der Waals surface area contributed by atoms with Gasteiger partial charge >= 0.3 is 0 Å². The largest absolute Gasteiger partial charge is 0.384 e. The number of rotatable bonds is 4. The van der Waals surface area contributed by atoms with Gasteiger partial charge in [0.25, 0.3) is 10.0 Å². The average Bonchev–Trinajstić information content (AvgIpc) is 2.79. The second kappa shape index (κ2) is 4.89. The molecular formula is C10H9F2N5O2S.